The van der Waals surface area contributed by atoms with E-state index in [0.29, 0.717) is 0 Å². The van der Waals surface area contributed by atoms with Crippen molar-refractivity contribution < 1.29 is 0 Å². The van der Waals surface area contributed by atoms with Gasteiger partial charge in [-0.25, -0.2) is 0 Å². The van der Waals surface area contributed by atoms with E-state index in [-0.39, 0.29) is 6.04 Å². The first-order valence-corrected chi connectivity index (χ1v) is 5.60. The van der Waals surface area contributed by atoms with Crippen molar-refractivity contribution in [2.45, 2.75) is 32.2 Å². The van der Waals surface area contributed by atoms with E-state index in [0.717, 1.165) is 25.8 Å². The number of benzene rings is 1. The van der Waals surface area contributed by atoms with Crippen molar-refractivity contribution in [2.24, 2.45) is 0 Å². The molecule has 0 saturated carbocycles. The Bertz CT molecular complexity index is 297. The van der Waals surface area contributed by atoms with Crippen LogP contribution in [-0.4, -0.2) is 12.6 Å². The van der Waals surface area contributed by atoms with Gasteiger partial charge in [-0.15, -0.1) is 6.42 Å². The lowest BCUT2D eigenvalue weighted by Crippen LogP contribution is -2.29. The number of hydrogen-bond donors (Lipinski definition) is 1. The highest BCUT2D eigenvalue weighted by Crippen LogP contribution is 1.99. The third-order valence-electron chi connectivity index (χ3n) is 2.43. The molecule has 0 spiro atoms. The van der Waals surface area contributed by atoms with Crippen molar-refractivity contribution in [3.8, 4) is 12.3 Å². The maximum absolute atomic E-state index is 5.43. The smallest absolute Gasteiger partial charge is 0.0686 e. The first-order valence-electron chi connectivity index (χ1n) is 5.60. The molecule has 1 aromatic rings. The van der Waals surface area contributed by atoms with E-state index in [4.69, 9.17) is 6.42 Å². The quantitative estimate of drug-likeness (QED) is 0.698. The zero-order valence-electron chi connectivity index (χ0n) is 9.37. The fourth-order valence-electron chi connectivity index (χ4n) is 1.57. The predicted octanol–water partition coefficient (Wildman–Crippen LogP) is 2.62. The maximum Gasteiger partial charge on any atom is 0.0686 e. The summed E-state index contributed by atoms with van der Waals surface area (Å²) < 4.78 is 0. The molecule has 0 aliphatic carbocycles. The standard InChI is InChI=1S/C14H19N/c1-3-8-14(4-2)15-12-11-13-9-6-5-7-10-13/h2,5-7,9-10,14-15H,3,8,11-12H2,1H3. The van der Waals surface area contributed by atoms with Gasteiger partial charge in [0, 0.05) is 6.54 Å². The van der Waals surface area contributed by atoms with Crippen LogP contribution in [0.3, 0.4) is 0 Å². The molecule has 0 heterocycles. The Morgan fingerprint density at radius 1 is 1.33 bits per heavy atom. The van der Waals surface area contributed by atoms with Gasteiger partial charge >= 0.3 is 0 Å². The lowest BCUT2D eigenvalue weighted by Gasteiger charge is -2.11. The Morgan fingerprint density at radius 3 is 2.67 bits per heavy atom. The second-order valence-electron chi connectivity index (χ2n) is 3.70. The molecule has 0 aliphatic heterocycles. The largest absolute Gasteiger partial charge is 0.303 e. The van der Waals surface area contributed by atoms with Crippen molar-refractivity contribution in [1.29, 1.82) is 0 Å². The zero-order valence-corrected chi connectivity index (χ0v) is 9.37. The highest BCUT2D eigenvalue weighted by Gasteiger charge is 2.01. The maximum atomic E-state index is 5.43. The molecule has 0 amide bonds. The first-order chi connectivity index (χ1) is 7.36. The number of nitrogens with one attached hydrogen (secondary N) is 1. The van der Waals surface area contributed by atoms with E-state index >= 15 is 0 Å². The molecule has 0 fully saturated rings. The van der Waals surface area contributed by atoms with Gasteiger partial charge < -0.3 is 5.32 Å². The van der Waals surface area contributed by atoms with E-state index in [1.165, 1.54) is 5.56 Å². The summed E-state index contributed by atoms with van der Waals surface area (Å²) in [5.41, 5.74) is 1.36. The SMILES string of the molecule is C#CC(CCC)NCCc1ccccc1. The molecule has 80 valence electrons. The topological polar surface area (TPSA) is 12.0 Å². The molecule has 0 bridgehead atoms. The fraction of sp³-hybridized carbons (Fsp3) is 0.429. The predicted molar refractivity (Wildman–Crippen MR) is 65.7 cm³/mol. The number of terminal acetylenes is 1. The molecular formula is C14H19N. The summed E-state index contributed by atoms with van der Waals surface area (Å²) >= 11 is 0. The van der Waals surface area contributed by atoms with Gasteiger partial charge in [0.25, 0.3) is 0 Å². The normalized spacial score (nSPS) is 12.0. The third kappa shape index (κ3) is 4.67. The van der Waals surface area contributed by atoms with E-state index in [1.54, 1.807) is 0 Å². The summed E-state index contributed by atoms with van der Waals surface area (Å²) in [5.74, 6) is 2.78. The van der Waals surface area contributed by atoms with Crippen molar-refractivity contribution in [1.82, 2.24) is 5.32 Å². The second-order valence-corrected chi connectivity index (χ2v) is 3.70. The van der Waals surface area contributed by atoms with Crippen LogP contribution in [0, 0.1) is 12.3 Å². The lowest BCUT2D eigenvalue weighted by molar-refractivity contribution is 0.565. The van der Waals surface area contributed by atoms with Gasteiger partial charge in [0.05, 0.1) is 6.04 Å². The van der Waals surface area contributed by atoms with E-state index in [2.05, 4.69) is 42.4 Å². The van der Waals surface area contributed by atoms with Gasteiger partial charge in [-0.2, -0.15) is 0 Å². The summed E-state index contributed by atoms with van der Waals surface area (Å²) in [6.07, 6.45) is 8.66. The number of rotatable bonds is 6. The summed E-state index contributed by atoms with van der Waals surface area (Å²) in [6.45, 7) is 3.11. The van der Waals surface area contributed by atoms with E-state index in [9.17, 15) is 0 Å². The van der Waals surface area contributed by atoms with Gasteiger partial charge in [-0.05, 0) is 18.4 Å². The van der Waals surface area contributed by atoms with Crippen molar-refractivity contribution in [3.63, 3.8) is 0 Å². The molecule has 0 aromatic heterocycles. The first kappa shape index (κ1) is 11.8. The molecule has 0 radical (unpaired) electrons. The van der Waals surface area contributed by atoms with E-state index < -0.39 is 0 Å². The Kier molecular flexibility index (Phi) is 5.58. The van der Waals surface area contributed by atoms with Crippen LogP contribution >= 0.6 is 0 Å². The molecular weight excluding hydrogens is 182 g/mol. The summed E-state index contributed by atoms with van der Waals surface area (Å²) in [6, 6.07) is 10.7. The fourth-order valence-corrected chi connectivity index (χ4v) is 1.57. The van der Waals surface area contributed by atoms with Crippen molar-refractivity contribution in [3.05, 3.63) is 35.9 Å². The highest BCUT2D eigenvalue weighted by molar-refractivity contribution is 5.15. The van der Waals surface area contributed by atoms with Gasteiger partial charge in [-0.1, -0.05) is 49.6 Å². The minimum absolute atomic E-state index is 0.235. The zero-order chi connectivity index (χ0) is 10.9. The minimum atomic E-state index is 0.235. The molecule has 1 N–H and O–H groups in total. The summed E-state index contributed by atoms with van der Waals surface area (Å²) in [5, 5.41) is 3.38. The molecule has 1 aromatic carbocycles. The van der Waals surface area contributed by atoms with Gasteiger partial charge in [0.1, 0.15) is 0 Å². The minimum Gasteiger partial charge on any atom is -0.303 e. The monoisotopic (exact) mass is 201 g/mol. The Labute approximate surface area is 92.9 Å². The average molecular weight is 201 g/mol. The van der Waals surface area contributed by atoms with Crippen LogP contribution in [0.15, 0.2) is 30.3 Å². The summed E-state index contributed by atoms with van der Waals surface area (Å²) in [7, 11) is 0. The van der Waals surface area contributed by atoms with Crippen LogP contribution < -0.4 is 5.32 Å². The second kappa shape index (κ2) is 7.09. The van der Waals surface area contributed by atoms with Crippen LogP contribution in [-0.2, 0) is 6.42 Å². The average Bonchev–Trinajstić information content (AvgIpc) is 2.29. The van der Waals surface area contributed by atoms with Gasteiger partial charge in [0.15, 0.2) is 0 Å². The Balaban J connectivity index is 2.24. The molecule has 1 atom stereocenters. The van der Waals surface area contributed by atoms with Crippen molar-refractivity contribution >= 4 is 0 Å². The van der Waals surface area contributed by atoms with Crippen LogP contribution in [0.2, 0.25) is 0 Å². The number of hydrogen-bond acceptors (Lipinski definition) is 1. The molecule has 1 nitrogen and oxygen atoms in total. The van der Waals surface area contributed by atoms with Crippen molar-refractivity contribution in [2.75, 3.05) is 6.54 Å². The van der Waals surface area contributed by atoms with Crippen LogP contribution in [0.1, 0.15) is 25.3 Å². The van der Waals surface area contributed by atoms with Crippen LogP contribution in [0.4, 0.5) is 0 Å². The molecule has 0 saturated heterocycles. The molecule has 0 aliphatic rings. The van der Waals surface area contributed by atoms with Gasteiger partial charge in [-0.3, -0.25) is 0 Å². The van der Waals surface area contributed by atoms with Crippen LogP contribution in [0.25, 0.3) is 0 Å². The van der Waals surface area contributed by atoms with E-state index in [1.807, 2.05) is 6.07 Å². The Morgan fingerprint density at radius 2 is 2.07 bits per heavy atom. The molecule has 1 rings (SSSR count). The highest BCUT2D eigenvalue weighted by atomic mass is 14.9. The molecule has 1 unspecified atom stereocenters. The third-order valence-corrected chi connectivity index (χ3v) is 2.43. The lowest BCUT2D eigenvalue weighted by atomic mass is 10.1. The van der Waals surface area contributed by atoms with Gasteiger partial charge in [0.2, 0.25) is 0 Å². The molecule has 1 heteroatoms. The van der Waals surface area contributed by atoms with Crippen LogP contribution in [0.5, 0.6) is 0 Å². The summed E-state index contributed by atoms with van der Waals surface area (Å²) in [4.78, 5) is 0. The Hall–Kier alpha value is -1.26. The molecule has 15 heavy (non-hydrogen) atoms.